The van der Waals surface area contributed by atoms with Crippen molar-refractivity contribution >= 4 is 35.0 Å². The van der Waals surface area contributed by atoms with Gasteiger partial charge in [0.25, 0.3) is 0 Å². The molecule has 2 saturated heterocycles. The molecule has 0 aromatic heterocycles. The average Bonchev–Trinajstić information content (AvgIpc) is 3.58. The van der Waals surface area contributed by atoms with Gasteiger partial charge in [-0.25, -0.2) is 0 Å². The standard InChI is InChI=1S/C32H36ClN3O4/c1-18-9-7-14-24(19(18)2)35-30(38)28-32-16-15-25(40-32)26(29(37)34-23-13-8-12-22(33)17-23)27(32)31(39)36(28)20(3)21-10-5-4-6-11-21/h4-6,8,10-13,15-20,24-28H,7,9,14H2,1-3H3,(H,34,37)(H,35,38). The van der Waals surface area contributed by atoms with Gasteiger partial charge in [-0.1, -0.05) is 86.8 Å². The highest BCUT2D eigenvalue weighted by atomic mass is 35.5. The van der Waals surface area contributed by atoms with Crippen molar-refractivity contribution in [1.29, 1.82) is 0 Å². The molecule has 4 aliphatic rings. The molecule has 2 aromatic carbocycles. The highest BCUT2D eigenvalue weighted by Gasteiger charge is 2.73. The van der Waals surface area contributed by atoms with E-state index in [1.165, 1.54) is 0 Å². The SMILES string of the molecule is CC1CCCC(NC(=O)C2N(C(C)c3ccccc3)C(=O)C3C(C(=O)Nc4cccc(Cl)c4)C4C=CC32O4)C1C. The predicted octanol–water partition coefficient (Wildman–Crippen LogP) is 5.13. The van der Waals surface area contributed by atoms with E-state index >= 15 is 0 Å². The summed E-state index contributed by atoms with van der Waals surface area (Å²) < 4.78 is 6.52. The van der Waals surface area contributed by atoms with Gasteiger partial charge in [-0.2, -0.15) is 0 Å². The van der Waals surface area contributed by atoms with E-state index in [4.69, 9.17) is 16.3 Å². The van der Waals surface area contributed by atoms with Gasteiger partial charge in [-0.05, 0) is 48.9 Å². The third kappa shape index (κ3) is 4.34. The zero-order valence-electron chi connectivity index (χ0n) is 23.0. The number of nitrogens with zero attached hydrogens (tertiary/aromatic N) is 1. The van der Waals surface area contributed by atoms with Gasteiger partial charge in [0.05, 0.1) is 24.0 Å². The Bertz CT molecular complexity index is 1350. The Morgan fingerprint density at radius 3 is 2.60 bits per heavy atom. The topological polar surface area (TPSA) is 87.7 Å². The average molecular weight is 562 g/mol. The summed E-state index contributed by atoms with van der Waals surface area (Å²) in [7, 11) is 0. The van der Waals surface area contributed by atoms with Crippen LogP contribution in [0.5, 0.6) is 0 Å². The molecular weight excluding hydrogens is 526 g/mol. The summed E-state index contributed by atoms with van der Waals surface area (Å²) in [6.07, 6.45) is 6.22. The number of anilines is 1. The van der Waals surface area contributed by atoms with E-state index in [-0.39, 0.29) is 29.8 Å². The number of likely N-dealkylation sites (tertiary alicyclic amines) is 1. The lowest BCUT2D eigenvalue weighted by atomic mass is 9.73. The van der Waals surface area contributed by atoms with Crippen molar-refractivity contribution in [3.05, 3.63) is 77.3 Å². The van der Waals surface area contributed by atoms with Crippen LogP contribution in [0.15, 0.2) is 66.7 Å². The first kappa shape index (κ1) is 27.0. The first-order chi connectivity index (χ1) is 19.2. The molecule has 2 N–H and O–H groups in total. The number of ether oxygens (including phenoxy) is 1. The Hall–Kier alpha value is -3.16. The van der Waals surface area contributed by atoms with Crippen LogP contribution in [0.2, 0.25) is 5.02 Å². The number of benzene rings is 2. The van der Waals surface area contributed by atoms with E-state index in [1.807, 2.05) is 49.4 Å². The van der Waals surface area contributed by atoms with E-state index in [0.717, 1.165) is 24.8 Å². The zero-order valence-corrected chi connectivity index (χ0v) is 23.8. The van der Waals surface area contributed by atoms with Crippen LogP contribution in [0.4, 0.5) is 5.69 Å². The van der Waals surface area contributed by atoms with Crippen molar-refractivity contribution in [3.8, 4) is 0 Å². The third-order valence-corrected chi connectivity index (χ3v) is 9.92. The van der Waals surface area contributed by atoms with Crippen LogP contribution >= 0.6 is 11.6 Å². The molecule has 0 radical (unpaired) electrons. The third-order valence-electron chi connectivity index (χ3n) is 9.69. The number of nitrogens with one attached hydrogen (secondary N) is 2. The van der Waals surface area contributed by atoms with E-state index < -0.39 is 29.6 Å². The number of halogens is 1. The molecule has 210 valence electrons. The summed E-state index contributed by atoms with van der Waals surface area (Å²) in [6, 6.07) is 15.4. The van der Waals surface area contributed by atoms with Crippen LogP contribution in [0, 0.1) is 23.7 Å². The maximum atomic E-state index is 14.4. The van der Waals surface area contributed by atoms with Crippen molar-refractivity contribution in [2.75, 3.05) is 5.32 Å². The molecule has 3 aliphatic heterocycles. The van der Waals surface area contributed by atoms with Gasteiger partial charge < -0.3 is 20.3 Å². The maximum Gasteiger partial charge on any atom is 0.246 e. The quantitative estimate of drug-likeness (QED) is 0.479. The molecule has 2 bridgehead atoms. The fourth-order valence-corrected chi connectivity index (χ4v) is 7.55. The number of hydrogen-bond donors (Lipinski definition) is 2. The second-order valence-electron chi connectivity index (χ2n) is 11.9. The highest BCUT2D eigenvalue weighted by Crippen LogP contribution is 2.56. The van der Waals surface area contributed by atoms with E-state index in [9.17, 15) is 14.4 Å². The van der Waals surface area contributed by atoms with E-state index in [1.54, 1.807) is 29.2 Å². The monoisotopic (exact) mass is 561 g/mol. The lowest BCUT2D eigenvalue weighted by Crippen LogP contribution is -2.58. The Balaban J connectivity index is 1.35. The second-order valence-corrected chi connectivity index (χ2v) is 12.4. The van der Waals surface area contributed by atoms with Crippen LogP contribution in [0.1, 0.15) is 51.6 Å². The number of amides is 3. The fraction of sp³-hybridized carbons (Fsp3) is 0.469. The largest absolute Gasteiger partial charge is 0.359 e. The molecule has 1 saturated carbocycles. The summed E-state index contributed by atoms with van der Waals surface area (Å²) >= 11 is 6.14. The van der Waals surface area contributed by atoms with Gasteiger partial charge in [-0.3, -0.25) is 14.4 Å². The Morgan fingerprint density at radius 1 is 1.07 bits per heavy atom. The summed E-state index contributed by atoms with van der Waals surface area (Å²) in [5, 5.41) is 6.74. The van der Waals surface area contributed by atoms with Crippen molar-refractivity contribution < 1.29 is 19.1 Å². The molecule has 1 spiro atoms. The predicted molar refractivity (Wildman–Crippen MR) is 153 cm³/mol. The van der Waals surface area contributed by atoms with Gasteiger partial charge >= 0.3 is 0 Å². The van der Waals surface area contributed by atoms with E-state index in [2.05, 4.69) is 24.5 Å². The van der Waals surface area contributed by atoms with Crippen molar-refractivity contribution in [2.45, 2.75) is 69.9 Å². The second kappa shape index (κ2) is 10.3. The molecule has 6 rings (SSSR count). The van der Waals surface area contributed by atoms with Gasteiger partial charge in [0, 0.05) is 16.8 Å². The van der Waals surface area contributed by atoms with Crippen molar-refractivity contribution in [1.82, 2.24) is 10.2 Å². The first-order valence-corrected chi connectivity index (χ1v) is 14.7. The van der Waals surface area contributed by atoms with Crippen LogP contribution < -0.4 is 10.6 Å². The summed E-state index contributed by atoms with van der Waals surface area (Å²) in [5.41, 5.74) is 0.255. The van der Waals surface area contributed by atoms with Crippen LogP contribution in [-0.4, -0.2) is 46.4 Å². The molecule has 2 aromatic rings. The highest BCUT2D eigenvalue weighted by molar-refractivity contribution is 6.30. The normalized spacial score (nSPS) is 35.0. The van der Waals surface area contributed by atoms with Crippen LogP contribution in [-0.2, 0) is 19.1 Å². The summed E-state index contributed by atoms with van der Waals surface area (Å²) in [5.74, 6) is -1.52. The molecule has 9 unspecified atom stereocenters. The lowest BCUT2D eigenvalue weighted by molar-refractivity contribution is -0.144. The molecule has 1 aliphatic carbocycles. The molecular formula is C32H36ClN3O4. The Morgan fingerprint density at radius 2 is 1.85 bits per heavy atom. The molecule has 40 heavy (non-hydrogen) atoms. The Kier molecular flexibility index (Phi) is 6.99. The lowest BCUT2D eigenvalue weighted by Gasteiger charge is -2.39. The molecule has 3 fully saturated rings. The summed E-state index contributed by atoms with van der Waals surface area (Å²) in [6.45, 7) is 6.36. The van der Waals surface area contributed by atoms with Gasteiger partial charge in [-0.15, -0.1) is 0 Å². The Labute approximate surface area is 240 Å². The first-order valence-electron chi connectivity index (χ1n) is 14.3. The molecule has 7 nitrogen and oxygen atoms in total. The number of carbonyl (C=O) groups excluding carboxylic acids is 3. The number of carbonyl (C=O) groups is 3. The maximum absolute atomic E-state index is 14.4. The zero-order chi connectivity index (χ0) is 28.2. The minimum atomic E-state index is -1.21. The number of fused-ring (bicyclic) bond motifs is 1. The minimum absolute atomic E-state index is 0.0280. The van der Waals surface area contributed by atoms with Gasteiger partial charge in [0.15, 0.2) is 0 Å². The number of hydrogen-bond acceptors (Lipinski definition) is 4. The van der Waals surface area contributed by atoms with Crippen molar-refractivity contribution in [2.24, 2.45) is 23.7 Å². The molecule has 9 atom stereocenters. The van der Waals surface area contributed by atoms with E-state index in [0.29, 0.717) is 22.5 Å². The summed E-state index contributed by atoms with van der Waals surface area (Å²) in [4.78, 5) is 44.0. The van der Waals surface area contributed by atoms with Crippen LogP contribution in [0.3, 0.4) is 0 Å². The smallest absolute Gasteiger partial charge is 0.246 e. The number of rotatable bonds is 6. The van der Waals surface area contributed by atoms with Crippen molar-refractivity contribution in [3.63, 3.8) is 0 Å². The van der Waals surface area contributed by atoms with Gasteiger partial charge in [0.2, 0.25) is 17.7 Å². The van der Waals surface area contributed by atoms with Gasteiger partial charge in [0.1, 0.15) is 11.6 Å². The molecule has 3 amide bonds. The molecule has 8 heteroatoms. The van der Waals surface area contributed by atoms with Crippen LogP contribution in [0.25, 0.3) is 0 Å². The minimum Gasteiger partial charge on any atom is -0.359 e. The molecule has 3 heterocycles. The fourth-order valence-electron chi connectivity index (χ4n) is 7.35.